The van der Waals surface area contributed by atoms with Gasteiger partial charge in [-0.2, -0.15) is 0 Å². The maximum absolute atomic E-state index is 13.3. The Morgan fingerprint density at radius 3 is 2.85 bits per heavy atom. The van der Waals surface area contributed by atoms with Crippen LogP contribution in [0.5, 0.6) is 0 Å². The summed E-state index contributed by atoms with van der Waals surface area (Å²) in [5.41, 5.74) is 1.13. The average molecular weight is 387 g/mol. The fourth-order valence-corrected chi connectivity index (χ4v) is 3.02. The van der Waals surface area contributed by atoms with Crippen molar-refractivity contribution in [2.75, 3.05) is 6.54 Å². The van der Waals surface area contributed by atoms with Gasteiger partial charge in [0.15, 0.2) is 0 Å². The van der Waals surface area contributed by atoms with Gasteiger partial charge in [0.05, 0.1) is 0 Å². The molecule has 0 aliphatic rings. The number of hydrogen-bond acceptors (Lipinski definition) is 2. The number of aromatic nitrogens is 2. The third-order valence-corrected chi connectivity index (χ3v) is 4.22. The van der Waals surface area contributed by atoms with Crippen LogP contribution in [0.1, 0.15) is 30.8 Å². The zero-order chi connectivity index (χ0) is 14.5. The summed E-state index contributed by atoms with van der Waals surface area (Å²) in [6.07, 6.45) is 5.61. The van der Waals surface area contributed by atoms with E-state index in [1.807, 2.05) is 30.1 Å². The van der Waals surface area contributed by atoms with E-state index in [4.69, 9.17) is 0 Å². The van der Waals surface area contributed by atoms with Crippen LogP contribution in [0.4, 0.5) is 4.39 Å². The highest BCUT2D eigenvalue weighted by Crippen LogP contribution is 2.24. The lowest BCUT2D eigenvalue weighted by atomic mass is 10.0. The Morgan fingerprint density at radius 2 is 2.25 bits per heavy atom. The van der Waals surface area contributed by atoms with E-state index in [0.29, 0.717) is 0 Å². The number of imidazole rings is 1. The van der Waals surface area contributed by atoms with Crippen molar-refractivity contribution in [2.45, 2.75) is 25.8 Å². The number of halogens is 2. The third-order valence-electron chi connectivity index (χ3n) is 3.29. The molecule has 1 atom stereocenters. The first-order chi connectivity index (χ1) is 9.61. The van der Waals surface area contributed by atoms with Crippen LogP contribution in [0.3, 0.4) is 0 Å². The van der Waals surface area contributed by atoms with Crippen LogP contribution in [-0.4, -0.2) is 16.1 Å². The molecule has 0 spiro atoms. The second-order valence-electron chi connectivity index (χ2n) is 4.83. The van der Waals surface area contributed by atoms with Crippen molar-refractivity contribution in [1.29, 1.82) is 0 Å². The third kappa shape index (κ3) is 3.79. The molecule has 5 heteroatoms. The Hall–Kier alpha value is -0.950. The number of nitrogens with one attached hydrogen (secondary N) is 1. The van der Waals surface area contributed by atoms with Gasteiger partial charge in [-0.3, -0.25) is 0 Å². The Kier molecular flexibility index (Phi) is 5.54. The molecular formula is C15H19FIN3. The Labute approximate surface area is 132 Å². The summed E-state index contributed by atoms with van der Waals surface area (Å²) >= 11 is 2.20. The molecule has 2 rings (SSSR count). The van der Waals surface area contributed by atoms with E-state index in [0.717, 1.165) is 34.3 Å². The quantitative estimate of drug-likeness (QED) is 0.770. The fraction of sp³-hybridized carbons (Fsp3) is 0.400. The molecule has 0 aliphatic heterocycles. The average Bonchev–Trinajstić information content (AvgIpc) is 2.80. The molecule has 0 amide bonds. The van der Waals surface area contributed by atoms with Crippen LogP contribution < -0.4 is 5.32 Å². The van der Waals surface area contributed by atoms with E-state index in [2.05, 4.69) is 39.8 Å². The molecule has 1 unspecified atom stereocenters. The molecule has 1 N–H and O–H groups in total. The Morgan fingerprint density at radius 1 is 1.45 bits per heavy atom. The van der Waals surface area contributed by atoms with Crippen LogP contribution in [-0.2, 0) is 13.5 Å². The predicted octanol–water partition coefficient (Wildman–Crippen LogP) is 3.45. The molecular weight excluding hydrogens is 368 g/mol. The minimum Gasteiger partial charge on any atom is -0.338 e. The van der Waals surface area contributed by atoms with Gasteiger partial charge < -0.3 is 9.88 Å². The Balaban J connectivity index is 2.24. The lowest BCUT2D eigenvalue weighted by molar-refractivity contribution is 0.508. The van der Waals surface area contributed by atoms with Crippen LogP contribution in [0.15, 0.2) is 30.6 Å². The highest BCUT2D eigenvalue weighted by atomic mass is 127. The standard InChI is InChI=1S/C15H19FIN3/c1-3-6-18-14(10-15-19-7-8-20(15)2)12-5-4-11(16)9-13(12)17/h4-5,7-9,14,18H,3,6,10H2,1-2H3. The summed E-state index contributed by atoms with van der Waals surface area (Å²) in [5.74, 6) is 0.836. The number of nitrogens with zero attached hydrogens (tertiary/aromatic N) is 2. The van der Waals surface area contributed by atoms with Gasteiger partial charge in [0.25, 0.3) is 0 Å². The van der Waals surface area contributed by atoms with Crippen LogP contribution in [0.2, 0.25) is 0 Å². The van der Waals surface area contributed by atoms with Crippen molar-refractivity contribution in [3.63, 3.8) is 0 Å². The van der Waals surface area contributed by atoms with Crippen LogP contribution in [0.25, 0.3) is 0 Å². The monoisotopic (exact) mass is 387 g/mol. The minimum absolute atomic E-state index is 0.156. The summed E-state index contributed by atoms with van der Waals surface area (Å²) in [6.45, 7) is 3.07. The maximum atomic E-state index is 13.3. The number of hydrogen-bond donors (Lipinski definition) is 1. The zero-order valence-electron chi connectivity index (χ0n) is 11.7. The number of benzene rings is 1. The molecule has 3 nitrogen and oxygen atoms in total. The van der Waals surface area contributed by atoms with Gasteiger partial charge in [-0.15, -0.1) is 0 Å². The normalized spacial score (nSPS) is 12.6. The lowest BCUT2D eigenvalue weighted by Crippen LogP contribution is -2.26. The summed E-state index contributed by atoms with van der Waals surface area (Å²) < 4.78 is 16.2. The molecule has 0 aliphatic carbocycles. The number of aryl methyl sites for hydroxylation is 1. The van der Waals surface area contributed by atoms with E-state index in [1.54, 1.807) is 6.07 Å². The lowest BCUT2D eigenvalue weighted by Gasteiger charge is -2.20. The van der Waals surface area contributed by atoms with E-state index < -0.39 is 0 Å². The first kappa shape index (κ1) is 15.4. The van der Waals surface area contributed by atoms with Gasteiger partial charge in [-0.1, -0.05) is 13.0 Å². The zero-order valence-corrected chi connectivity index (χ0v) is 13.9. The van der Waals surface area contributed by atoms with Gasteiger partial charge in [0, 0.05) is 35.5 Å². The van der Waals surface area contributed by atoms with E-state index in [1.165, 1.54) is 6.07 Å². The van der Waals surface area contributed by atoms with E-state index in [-0.39, 0.29) is 11.9 Å². The SMILES string of the molecule is CCCNC(Cc1nccn1C)c1ccc(F)cc1I. The highest BCUT2D eigenvalue weighted by Gasteiger charge is 2.17. The summed E-state index contributed by atoms with van der Waals surface area (Å²) in [4.78, 5) is 4.38. The van der Waals surface area contributed by atoms with Gasteiger partial charge in [-0.25, -0.2) is 9.37 Å². The molecule has 20 heavy (non-hydrogen) atoms. The van der Waals surface area contributed by atoms with E-state index >= 15 is 0 Å². The topological polar surface area (TPSA) is 29.9 Å². The first-order valence-electron chi connectivity index (χ1n) is 6.76. The van der Waals surface area contributed by atoms with Crippen molar-refractivity contribution in [2.24, 2.45) is 7.05 Å². The molecule has 1 aromatic heterocycles. The smallest absolute Gasteiger partial charge is 0.124 e. The summed E-state index contributed by atoms with van der Waals surface area (Å²) in [5, 5.41) is 3.53. The van der Waals surface area contributed by atoms with Crippen LogP contribution >= 0.6 is 22.6 Å². The molecule has 0 fully saturated rings. The van der Waals surface area contributed by atoms with Crippen molar-refractivity contribution in [3.8, 4) is 0 Å². The molecule has 0 saturated carbocycles. The summed E-state index contributed by atoms with van der Waals surface area (Å²) in [7, 11) is 1.99. The number of rotatable bonds is 6. The molecule has 0 bridgehead atoms. The predicted molar refractivity (Wildman–Crippen MR) is 87.1 cm³/mol. The fourth-order valence-electron chi connectivity index (χ4n) is 2.17. The minimum atomic E-state index is -0.190. The molecule has 1 aromatic carbocycles. The van der Waals surface area contributed by atoms with Crippen molar-refractivity contribution < 1.29 is 4.39 Å². The van der Waals surface area contributed by atoms with Crippen molar-refractivity contribution in [3.05, 3.63) is 51.4 Å². The second-order valence-corrected chi connectivity index (χ2v) is 5.99. The highest BCUT2D eigenvalue weighted by molar-refractivity contribution is 14.1. The van der Waals surface area contributed by atoms with Gasteiger partial charge in [-0.05, 0) is 53.3 Å². The van der Waals surface area contributed by atoms with Crippen molar-refractivity contribution in [1.82, 2.24) is 14.9 Å². The molecule has 108 valence electrons. The van der Waals surface area contributed by atoms with Gasteiger partial charge in [0.1, 0.15) is 11.6 Å². The largest absolute Gasteiger partial charge is 0.338 e. The van der Waals surface area contributed by atoms with Crippen LogP contribution in [0, 0.1) is 9.39 Å². The Bertz CT molecular complexity index is 568. The summed E-state index contributed by atoms with van der Waals surface area (Å²) in [6, 6.07) is 5.13. The van der Waals surface area contributed by atoms with Crippen molar-refractivity contribution >= 4 is 22.6 Å². The van der Waals surface area contributed by atoms with E-state index in [9.17, 15) is 4.39 Å². The molecule has 2 aromatic rings. The molecule has 0 saturated heterocycles. The maximum Gasteiger partial charge on any atom is 0.124 e. The first-order valence-corrected chi connectivity index (χ1v) is 7.84. The molecule has 0 radical (unpaired) electrons. The second kappa shape index (κ2) is 7.17. The van der Waals surface area contributed by atoms with Gasteiger partial charge in [0.2, 0.25) is 0 Å². The molecule has 1 heterocycles. The van der Waals surface area contributed by atoms with Gasteiger partial charge >= 0.3 is 0 Å².